The largest absolute Gasteiger partial charge is 0.480 e. The number of aliphatic carboxylic acids is 2. The summed E-state index contributed by atoms with van der Waals surface area (Å²) in [5, 5.41) is 23.1. The number of nitrogens with zero attached hydrogens (tertiary/aromatic N) is 1. The van der Waals surface area contributed by atoms with E-state index in [9.17, 15) is 24.6 Å². The first-order valence-corrected chi connectivity index (χ1v) is 11.2. The minimum absolute atomic E-state index is 0.102. The van der Waals surface area contributed by atoms with Crippen molar-refractivity contribution in [1.29, 1.82) is 0 Å². The molecule has 0 spiro atoms. The molecule has 0 bridgehead atoms. The fourth-order valence-electron chi connectivity index (χ4n) is 5.05. The number of rotatable bonds is 9. The molecule has 3 atom stereocenters. The Bertz CT molecular complexity index is 822. The Hall–Kier alpha value is -2.61. The number of benzene rings is 1. The Kier molecular flexibility index (Phi) is 7.93. The normalized spacial score (nSPS) is 26.0. The Labute approximate surface area is 189 Å². The summed E-state index contributed by atoms with van der Waals surface area (Å²) >= 11 is 0. The van der Waals surface area contributed by atoms with Crippen molar-refractivity contribution in [2.75, 3.05) is 13.1 Å². The van der Waals surface area contributed by atoms with Crippen LogP contribution in [0.15, 0.2) is 30.3 Å². The molecule has 1 aromatic carbocycles. The summed E-state index contributed by atoms with van der Waals surface area (Å²) in [6.45, 7) is 8.89. The molecule has 1 heterocycles. The van der Waals surface area contributed by atoms with Gasteiger partial charge in [0.15, 0.2) is 5.54 Å². The lowest BCUT2D eigenvalue weighted by Gasteiger charge is -2.39. The van der Waals surface area contributed by atoms with Gasteiger partial charge >= 0.3 is 18.0 Å². The van der Waals surface area contributed by atoms with E-state index in [0.717, 1.165) is 12.0 Å². The van der Waals surface area contributed by atoms with Crippen LogP contribution >= 0.6 is 0 Å². The highest BCUT2D eigenvalue weighted by molar-refractivity contribution is 5.90. The van der Waals surface area contributed by atoms with Gasteiger partial charge in [-0.25, -0.2) is 9.59 Å². The molecular weight excluding hydrogens is 412 g/mol. The Balaban J connectivity index is 2.38. The second-order valence-corrected chi connectivity index (χ2v) is 9.46. The number of carbonyl (C=O) groups is 3. The van der Waals surface area contributed by atoms with Crippen LogP contribution in [0.3, 0.4) is 0 Å². The van der Waals surface area contributed by atoms with Gasteiger partial charge in [0.1, 0.15) is 11.1 Å². The summed E-state index contributed by atoms with van der Waals surface area (Å²) in [6, 6.07) is 9.85. The summed E-state index contributed by atoms with van der Waals surface area (Å²) < 4.78 is 5.32. The van der Waals surface area contributed by atoms with Crippen molar-refractivity contribution in [2.24, 2.45) is 5.92 Å². The number of likely N-dealkylation sites (tertiary alicyclic amines) is 1. The van der Waals surface area contributed by atoms with Gasteiger partial charge in [0.25, 0.3) is 0 Å². The number of amides is 1. The average molecular weight is 449 g/mol. The third-order valence-corrected chi connectivity index (χ3v) is 6.34. The van der Waals surface area contributed by atoms with Crippen LogP contribution in [-0.2, 0) is 20.7 Å². The molecule has 8 nitrogen and oxygen atoms in total. The van der Waals surface area contributed by atoms with Crippen LogP contribution < -0.4 is 5.32 Å². The van der Waals surface area contributed by atoms with Gasteiger partial charge in [0.05, 0.1) is 0 Å². The molecule has 3 N–H and O–H groups in total. The molecule has 178 valence electrons. The highest BCUT2D eigenvalue weighted by Gasteiger charge is 2.67. The lowest BCUT2D eigenvalue weighted by Crippen LogP contribution is -2.63. The third kappa shape index (κ3) is 5.06. The van der Waals surface area contributed by atoms with E-state index in [1.807, 2.05) is 30.3 Å². The van der Waals surface area contributed by atoms with Crippen LogP contribution in [0.25, 0.3) is 0 Å². The maximum atomic E-state index is 12.6. The van der Waals surface area contributed by atoms with Crippen LogP contribution in [-0.4, -0.2) is 62.9 Å². The SMILES string of the molecule is CCC1[C@](CC)(C(=O)O)N(CCCc2ccccc2)C[C@@]1(NC(=O)OC(C)(C)C)C(=O)O. The van der Waals surface area contributed by atoms with Crippen molar-refractivity contribution in [3.8, 4) is 0 Å². The monoisotopic (exact) mass is 448 g/mol. The molecule has 1 aromatic rings. The molecule has 0 saturated carbocycles. The molecule has 1 aliphatic heterocycles. The van der Waals surface area contributed by atoms with E-state index in [-0.39, 0.29) is 19.4 Å². The van der Waals surface area contributed by atoms with Crippen molar-refractivity contribution < 1.29 is 29.3 Å². The summed E-state index contributed by atoms with van der Waals surface area (Å²) in [7, 11) is 0. The number of carbonyl (C=O) groups excluding carboxylic acids is 1. The second kappa shape index (κ2) is 9.90. The first-order chi connectivity index (χ1) is 14.9. The molecule has 2 rings (SSSR count). The average Bonchev–Trinajstić information content (AvgIpc) is 2.97. The minimum atomic E-state index is -1.77. The summed E-state index contributed by atoms with van der Waals surface area (Å²) in [4.78, 5) is 39.5. The maximum Gasteiger partial charge on any atom is 0.408 e. The van der Waals surface area contributed by atoms with Gasteiger partial charge in [0, 0.05) is 12.5 Å². The number of alkyl carbamates (subject to hydrolysis) is 1. The molecule has 32 heavy (non-hydrogen) atoms. The van der Waals surface area contributed by atoms with Gasteiger partial charge in [-0.1, -0.05) is 44.2 Å². The molecule has 0 aliphatic carbocycles. The van der Waals surface area contributed by atoms with E-state index in [2.05, 4.69) is 5.32 Å². The molecule has 1 fully saturated rings. The van der Waals surface area contributed by atoms with Crippen LogP contribution in [0, 0.1) is 5.92 Å². The number of hydrogen-bond donors (Lipinski definition) is 3. The zero-order chi connectivity index (χ0) is 24.2. The highest BCUT2D eigenvalue weighted by atomic mass is 16.6. The lowest BCUT2D eigenvalue weighted by atomic mass is 9.72. The first-order valence-electron chi connectivity index (χ1n) is 11.2. The Morgan fingerprint density at radius 1 is 1.12 bits per heavy atom. The zero-order valence-electron chi connectivity index (χ0n) is 19.7. The van der Waals surface area contributed by atoms with Gasteiger partial charge in [-0.15, -0.1) is 0 Å². The lowest BCUT2D eigenvalue weighted by molar-refractivity contribution is -0.154. The molecule has 1 unspecified atom stereocenters. The second-order valence-electron chi connectivity index (χ2n) is 9.46. The van der Waals surface area contributed by atoms with Crippen LogP contribution in [0.1, 0.15) is 59.4 Å². The van der Waals surface area contributed by atoms with Crippen LogP contribution in [0.2, 0.25) is 0 Å². The smallest absolute Gasteiger partial charge is 0.408 e. The van der Waals surface area contributed by atoms with Gasteiger partial charge < -0.3 is 20.3 Å². The zero-order valence-corrected chi connectivity index (χ0v) is 19.7. The van der Waals surface area contributed by atoms with E-state index in [1.54, 1.807) is 39.5 Å². The van der Waals surface area contributed by atoms with Crippen molar-refractivity contribution in [2.45, 2.75) is 77.0 Å². The van der Waals surface area contributed by atoms with Crippen molar-refractivity contribution >= 4 is 18.0 Å². The fraction of sp³-hybridized carbons (Fsp3) is 0.625. The quantitative estimate of drug-likeness (QED) is 0.529. The first kappa shape index (κ1) is 25.6. The van der Waals surface area contributed by atoms with E-state index in [1.165, 1.54) is 0 Å². The van der Waals surface area contributed by atoms with Crippen LogP contribution in [0.4, 0.5) is 4.79 Å². The Morgan fingerprint density at radius 2 is 1.75 bits per heavy atom. The predicted molar refractivity (Wildman–Crippen MR) is 121 cm³/mol. The molecule has 8 heteroatoms. The molecular formula is C24H36N2O6. The van der Waals surface area contributed by atoms with Crippen molar-refractivity contribution in [3.63, 3.8) is 0 Å². The maximum absolute atomic E-state index is 12.6. The Morgan fingerprint density at radius 3 is 2.22 bits per heavy atom. The van der Waals surface area contributed by atoms with E-state index >= 15 is 0 Å². The third-order valence-electron chi connectivity index (χ3n) is 6.34. The highest BCUT2D eigenvalue weighted by Crippen LogP contribution is 2.46. The summed E-state index contributed by atoms with van der Waals surface area (Å²) in [5.41, 5.74) is -2.85. The van der Waals surface area contributed by atoms with Crippen molar-refractivity contribution in [1.82, 2.24) is 10.2 Å². The van der Waals surface area contributed by atoms with Gasteiger partial charge in [-0.2, -0.15) is 0 Å². The van der Waals surface area contributed by atoms with E-state index in [4.69, 9.17) is 4.74 Å². The van der Waals surface area contributed by atoms with Gasteiger partial charge in [-0.3, -0.25) is 9.69 Å². The van der Waals surface area contributed by atoms with E-state index < -0.39 is 40.6 Å². The van der Waals surface area contributed by atoms with Gasteiger partial charge in [-0.05, 0) is 58.6 Å². The van der Waals surface area contributed by atoms with E-state index in [0.29, 0.717) is 13.0 Å². The molecule has 0 aromatic heterocycles. The summed E-state index contributed by atoms with van der Waals surface area (Å²) in [6.07, 6.45) is 1.04. The predicted octanol–water partition coefficient (Wildman–Crippen LogP) is 3.54. The molecule has 0 radical (unpaired) electrons. The number of hydrogen-bond acceptors (Lipinski definition) is 5. The number of nitrogens with one attached hydrogen (secondary N) is 1. The number of carboxylic acid groups (broad SMARTS) is 2. The molecule has 1 amide bonds. The topological polar surface area (TPSA) is 116 Å². The van der Waals surface area contributed by atoms with Crippen LogP contribution in [0.5, 0.6) is 0 Å². The standard InChI is InChI=1S/C24H36N2O6/c1-6-18-23(19(27)28,25-21(31)32-22(3,4)5)16-26(24(18,7-2)20(29)30)15-11-14-17-12-9-8-10-13-17/h8-10,12-13,18H,6-7,11,14-16H2,1-5H3,(H,25,31)(H,27,28)(H,29,30)/t18?,23-,24+/m0/s1. The van der Waals surface area contributed by atoms with Crippen molar-refractivity contribution in [3.05, 3.63) is 35.9 Å². The summed E-state index contributed by atoms with van der Waals surface area (Å²) in [5.74, 6) is -3.15. The molecule has 1 saturated heterocycles. The van der Waals surface area contributed by atoms with Gasteiger partial charge in [0.2, 0.25) is 0 Å². The molecule has 1 aliphatic rings. The number of carboxylic acids is 2. The minimum Gasteiger partial charge on any atom is -0.480 e. The number of aryl methyl sites for hydroxylation is 1. The fourth-order valence-corrected chi connectivity index (χ4v) is 5.05. The number of ether oxygens (including phenoxy) is 1.